The van der Waals surface area contributed by atoms with Crippen LogP contribution in [0.15, 0.2) is 0 Å². The number of hydrogen-bond acceptors (Lipinski definition) is 4. The number of rotatable bonds is 2. The van der Waals surface area contributed by atoms with E-state index in [1.807, 2.05) is 13.8 Å². The second-order valence-corrected chi connectivity index (χ2v) is 6.55. The molecular weight excluding hydrogens is 216 g/mol. The van der Waals surface area contributed by atoms with Crippen molar-refractivity contribution in [2.75, 3.05) is 24.6 Å². The van der Waals surface area contributed by atoms with E-state index in [4.69, 9.17) is 5.73 Å². The summed E-state index contributed by atoms with van der Waals surface area (Å²) in [7, 11) is -2.93. The topological polar surface area (TPSA) is 80.5 Å². The van der Waals surface area contributed by atoms with Crippen LogP contribution in [-0.2, 0) is 14.6 Å². The highest BCUT2D eigenvalue weighted by Crippen LogP contribution is 2.08. The average Bonchev–Trinajstić information content (AvgIpc) is 2.15. The lowest BCUT2D eigenvalue weighted by molar-refractivity contribution is -0.133. The van der Waals surface area contributed by atoms with E-state index < -0.39 is 15.9 Å². The fourth-order valence-corrected chi connectivity index (χ4v) is 2.63. The van der Waals surface area contributed by atoms with E-state index >= 15 is 0 Å². The van der Waals surface area contributed by atoms with Crippen molar-refractivity contribution in [3.8, 4) is 0 Å². The Morgan fingerprint density at radius 1 is 1.27 bits per heavy atom. The Bertz CT molecular complexity index is 323. The molecule has 0 radical (unpaired) electrons. The van der Waals surface area contributed by atoms with E-state index in [1.165, 1.54) is 0 Å². The first-order chi connectivity index (χ1) is 6.83. The van der Waals surface area contributed by atoms with Gasteiger partial charge in [0.05, 0.1) is 17.5 Å². The van der Waals surface area contributed by atoms with Crippen LogP contribution < -0.4 is 5.73 Å². The SMILES string of the molecule is CC(C)[C@H](N)C(=O)N1CCS(=O)(=O)CC1. The van der Waals surface area contributed by atoms with Gasteiger partial charge in [0.2, 0.25) is 5.91 Å². The van der Waals surface area contributed by atoms with Crippen molar-refractivity contribution in [2.24, 2.45) is 11.7 Å². The summed E-state index contributed by atoms with van der Waals surface area (Å²) >= 11 is 0. The van der Waals surface area contributed by atoms with Gasteiger partial charge in [0.25, 0.3) is 0 Å². The van der Waals surface area contributed by atoms with Gasteiger partial charge in [-0.15, -0.1) is 0 Å². The molecule has 0 saturated carbocycles. The molecule has 1 saturated heterocycles. The molecule has 1 rings (SSSR count). The van der Waals surface area contributed by atoms with Crippen LogP contribution in [0.5, 0.6) is 0 Å². The van der Waals surface area contributed by atoms with Crippen LogP contribution in [0.25, 0.3) is 0 Å². The number of amides is 1. The highest BCUT2D eigenvalue weighted by molar-refractivity contribution is 7.91. The van der Waals surface area contributed by atoms with Crippen molar-refractivity contribution in [2.45, 2.75) is 19.9 Å². The molecule has 1 fully saturated rings. The third kappa shape index (κ3) is 3.17. The molecule has 0 aromatic heterocycles. The maximum atomic E-state index is 11.8. The van der Waals surface area contributed by atoms with Gasteiger partial charge in [-0.1, -0.05) is 13.8 Å². The molecule has 0 bridgehead atoms. The lowest BCUT2D eigenvalue weighted by Gasteiger charge is -2.30. The highest BCUT2D eigenvalue weighted by Gasteiger charge is 2.29. The predicted octanol–water partition coefficient (Wildman–Crippen LogP) is -0.773. The lowest BCUT2D eigenvalue weighted by atomic mass is 10.0. The summed E-state index contributed by atoms with van der Waals surface area (Å²) in [5.74, 6) is 0.0588. The Hall–Kier alpha value is -0.620. The number of carbonyl (C=O) groups is 1. The molecule has 0 aromatic rings. The molecule has 1 amide bonds. The molecular formula is C9H18N2O3S. The van der Waals surface area contributed by atoms with Crippen LogP contribution >= 0.6 is 0 Å². The van der Waals surface area contributed by atoms with Crippen LogP contribution in [0.1, 0.15) is 13.8 Å². The van der Waals surface area contributed by atoms with E-state index in [1.54, 1.807) is 4.90 Å². The van der Waals surface area contributed by atoms with E-state index in [0.717, 1.165) is 0 Å². The normalized spacial score (nSPS) is 22.8. The molecule has 1 atom stereocenters. The maximum absolute atomic E-state index is 11.8. The summed E-state index contributed by atoms with van der Waals surface area (Å²) < 4.78 is 22.3. The lowest BCUT2D eigenvalue weighted by Crippen LogP contribution is -2.51. The highest BCUT2D eigenvalue weighted by atomic mass is 32.2. The van der Waals surface area contributed by atoms with Gasteiger partial charge >= 0.3 is 0 Å². The molecule has 0 unspecified atom stereocenters. The maximum Gasteiger partial charge on any atom is 0.239 e. The summed E-state index contributed by atoms with van der Waals surface area (Å²) in [4.78, 5) is 13.3. The fourth-order valence-electron chi connectivity index (χ4n) is 1.43. The Morgan fingerprint density at radius 2 is 1.73 bits per heavy atom. The first kappa shape index (κ1) is 12.4. The Balaban J connectivity index is 2.57. The minimum Gasteiger partial charge on any atom is -0.339 e. The van der Waals surface area contributed by atoms with Crippen LogP contribution in [0.2, 0.25) is 0 Å². The number of hydrogen-bond donors (Lipinski definition) is 1. The summed E-state index contributed by atoms with van der Waals surface area (Å²) in [5.41, 5.74) is 5.72. The van der Waals surface area contributed by atoms with E-state index in [2.05, 4.69) is 0 Å². The smallest absolute Gasteiger partial charge is 0.239 e. The third-order valence-corrected chi connectivity index (χ3v) is 4.27. The largest absolute Gasteiger partial charge is 0.339 e. The molecule has 1 aliphatic heterocycles. The van der Waals surface area contributed by atoms with Gasteiger partial charge in [0, 0.05) is 13.1 Å². The molecule has 6 heteroatoms. The Morgan fingerprint density at radius 3 is 2.13 bits per heavy atom. The van der Waals surface area contributed by atoms with Gasteiger partial charge in [-0.3, -0.25) is 4.79 Å². The van der Waals surface area contributed by atoms with Gasteiger partial charge < -0.3 is 10.6 Å². The van der Waals surface area contributed by atoms with Crippen molar-refractivity contribution < 1.29 is 13.2 Å². The van der Waals surface area contributed by atoms with Crippen LogP contribution in [0, 0.1) is 5.92 Å². The molecule has 0 aromatic carbocycles. The average molecular weight is 234 g/mol. The monoisotopic (exact) mass is 234 g/mol. The second kappa shape index (κ2) is 4.49. The first-order valence-electron chi connectivity index (χ1n) is 5.08. The quantitative estimate of drug-likeness (QED) is 0.680. The van der Waals surface area contributed by atoms with Crippen molar-refractivity contribution in [1.82, 2.24) is 4.90 Å². The zero-order chi connectivity index (χ0) is 11.6. The summed E-state index contributed by atoms with van der Waals surface area (Å²) in [6.45, 7) is 4.32. The summed E-state index contributed by atoms with van der Waals surface area (Å²) in [6, 6.07) is -0.522. The fraction of sp³-hybridized carbons (Fsp3) is 0.889. The molecule has 2 N–H and O–H groups in total. The van der Waals surface area contributed by atoms with Crippen molar-refractivity contribution in [3.05, 3.63) is 0 Å². The van der Waals surface area contributed by atoms with Gasteiger partial charge in [-0.2, -0.15) is 0 Å². The number of sulfone groups is 1. The number of nitrogens with two attached hydrogens (primary N) is 1. The van der Waals surface area contributed by atoms with Gasteiger partial charge in [-0.25, -0.2) is 8.42 Å². The minimum atomic E-state index is -2.93. The van der Waals surface area contributed by atoms with Crippen molar-refractivity contribution in [1.29, 1.82) is 0 Å². The minimum absolute atomic E-state index is 0.0591. The summed E-state index contributed by atoms with van der Waals surface area (Å²) in [6.07, 6.45) is 0. The molecule has 5 nitrogen and oxygen atoms in total. The molecule has 1 aliphatic rings. The van der Waals surface area contributed by atoms with Crippen LogP contribution in [-0.4, -0.2) is 49.9 Å². The Kier molecular flexibility index (Phi) is 3.72. The van der Waals surface area contributed by atoms with E-state index in [9.17, 15) is 13.2 Å². The predicted molar refractivity (Wildman–Crippen MR) is 58.0 cm³/mol. The standard InChI is InChI=1S/C9H18N2O3S/c1-7(2)8(10)9(12)11-3-5-15(13,14)6-4-11/h7-8H,3-6,10H2,1-2H3/t8-/m0/s1. The molecule has 0 spiro atoms. The van der Waals surface area contributed by atoms with Crippen molar-refractivity contribution in [3.63, 3.8) is 0 Å². The zero-order valence-corrected chi connectivity index (χ0v) is 9.96. The van der Waals surface area contributed by atoms with Gasteiger partial charge in [-0.05, 0) is 5.92 Å². The zero-order valence-electron chi connectivity index (χ0n) is 9.14. The Labute approximate surface area is 90.5 Å². The van der Waals surface area contributed by atoms with Crippen molar-refractivity contribution >= 4 is 15.7 Å². The second-order valence-electron chi connectivity index (χ2n) is 4.25. The number of nitrogens with zero attached hydrogens (tertiary/aromatic N) is 1. The van der Waals surface area contributed by atoms with E-state index in [0.29, 0.717) is 0 Å². The van der Waals surface area contributed by atoms with E-state index in [-0.39, 0.29) is 36.4 Å². The summed E-state index contributed by atoms with van der Waals surface area (Å²) in [5, 5.41) is 0. The van der Waals surface area contributed by atoms with Gasteiger partial charge in [0.1, 0.15) is 0 Å². The first-order valence-corrected chi connectivity index (χ1v) is 6.90. The molecule has 0 aliphatic carbocycles. The van der Waals surface area contributed by atoms with Crippen LogP contribution in [0.4, 0.5) is 0 Å². The van der Waals surface area contributed by atoms with Gasteiger partial charge in [0.15, 0.2) is 9.84 Å². The molecule has 88 valence electrons. The molecule has 15 heavy (non-hydrogen) atoms. The molecule has 1 heterocycles. The third-order valence-electron chi connectivity index (χ3n) is 2.66. The van der Waals surface area contributed by atoms with Crippen LogP contribution in [0.3, 0.4) is 0 Å². The number of carbonyl (C=O) groups excluding carboxylic acids is 1.